The van der Waals surface area contributed by atoms with Crippen molar-refractivity contribution < 1.29 is 4.79 Å². The third-order valence-electron chi connectivity index (χ3n) is 4.42. The van der Waals surface area contributed by atoms with Crippen molar-refractivity contribution in [3.63, 3.8) is 0 Å². The molecule has 0 fully saturated rings. The van der Waals surface area contributed by atoms with E-state index < -0.39 is 0 Å². The summed E-state index contributed by atoms with van der Waals surface area (Å²) in [6.45, 7) is 3.24. The summed E-state index contributed by atoms with van der Waals surface area (Å²) in [5, 5.41) is 22.3. The van der Waals surface area contributed by atoms with Gasteiger partial charge in [0.15, 0.2) is 11.0 Å². The average Bonchev–Trinajstić information content (AvgIpc) is 3.44. The number of carbonyl (C=O) groups excluding carboxylic acids is 1. The smallest absolute Gasteiger partial charge is 0.282 e. The first-order valence-corrected chi connectivity index (χ1v) is 11.8. The molecule has 0 atom stereocenters. The summed E-state index contributed by atoms with van der Waals surface area (Å²) in [6.07, 6.45) is 0. The first kappa shape index (κ1) is 21.5. The maximum Gasteiger partial charge on any atom is 0.282 e. The largest absolute Gasteiger partial charge is 0.346 e. The molecule has 2 heterocycles. The SMILES string of the molecule is CCn1c(SCc2nnc(C(=O)NCc3ccccc3)s2)nnc1-c1ccc(Cl)cc1. The van der Waals surface area contributed by atoms with Gasteiger partial charge in [-0.2, -0.15) is 0 Å². The predicted molar refractivity (Wildman–Crippen MR) is 123 cm³/mol. The van der Waals surface area contributed by atoms with Gasteiger partial charge in [0.05, 0.1) is 5.75 Å². The summed E-state index contributed by atoms with van der Waals surface area (Å²) in [5.74, 6) is 1.13. The predicted octanol–water partition coefficient (Wildman–Crippen LogP) is 4.69. The molecule has 0 spiro atoms. The van der Waals surface area contributed by atoms with Crippen LogP contribution in [0.25, 0.3) is 11.4 Å². The lowest BCUT2D eigenvalue weighted by Gasteiger charge is -2.06. The van der Waals surface area contributed by atoms with Crippen molar-refractivity contribution in [2.24, 2.45) is 0 Å². The molecule has 7 nitrogen and oxygen atoms in total. The zero-order valence-corrected chi connectivity index (χ0v) is 19.0. The maximum atomic E-state index is 12.3. The van der Waals surface area contributed by atoms with Crippen molar-refractivity contribution in [3.05, 3.63) is 75.2 Å². The van der Waals surface area contributed by atoms with Crippen molar-refractivity contribution in [1.82, 2.24) is 30.3 Å². The van der Waals surface area contributed by atoms with Gasteiger partial charge in [-0.25, -0.2) is 0 Å². The summed E-state index contributed by atoms with van der Waals surface area (Å²) in [4.78, 5) is 12.3. The van der Waals surface area contributed by atoms with Gasteiger partial charge in [0.1, 0.15) is 5.01 Å². The van der Waals surface area contributed by atoms with Gasteiger partial charge < -0.3 is 9.88 Å². The lowest BCUT2D eigenvalue weighted by Crippen LogP contribution is -2.22. The van der Waals surface area contributed by atoms with E-state index in [2.05, 4.69) is 25.7 Å². The molecule has 4 rings (SSSR count). The highest BCUT2D eigenvalue weighted by molar-refractivity contribution is 7.98. The Hall–Kier alpha value is -2.75. The van der Waals surface area contributed by atoms with Crippen LogP contribution in [0.4, 0.5) is 0 Å². The molecule has 0 aliphatic rings. The minimum Gasteiger partial charge on any atom is -0.346 e. The Bertz CT molecular complexity index is 1160. The number of halogens is 1. The second-order valence-electron chi connectivity index (χ2n) is 6.52. The van der Waals surface area contributed by atoms with Crippen molar-refractivity contribution in [3.8, 4) is 11.4 Å². The van der Waals surface area contributed by atoms with Crippen LogP contribution in [-0.4, -0.2) is 30.9 Å². The number of carbonyl (C=O) groups is 1. The van der Waals surface area contributed by atoms with Crippen LogP contribution in [0, 0.1) is 0 Å². The molecule has 158 valence electrons. The normalized spacial score (nSPS) is 10.9. The molecule has 0 aliphatic heterocycles. The number of rotatable bonds is 8. The number of hydrogen-bond acceptors (Lipinski definition) is 7. The van der Waals surface area contributed by atoms with E-state index in [0.29, 0.717) is 22.3 Å². The van der Waals surface area contributed by atoms with Gasteiger partial charge in [-0.3, -0.25) is 4.79 Å². The van der Waals surface area contributed by atoms with E-state index in [1.54, 1.807) is 0 Å². The van der Waals surface area contributed by atoms with E-state index in [9.17, 15) is 4.79 Å². The number of benzene rings is 2. The van der Waals surface area contributed by atoms with E-state index >= 15 is 0 Å². The van der Waals surface area contributed by atoms with Crippen LogP contribution in [0.5, 0.6) is 0 Å². The van der Waals surface area contributed by atoms with Crippen molar-refractivity contribution in [2.75, 3.05) is 0 Å². The fourth-order valence-corrected chi connectivity index (χ4v) is 4.75. The number of aromatic nitrogens is 5. The van der Waals surface area contributed by atoms with Crippen LogP contribution in [-0.2, 0) is 18.8 Å². The average molecular weight is 471 g/mol. The lowest BCUT2D eigenvalue weighted by molar-refractivity contribution is 0.0950. The molecule has 0 radical (unpaired) electrons. The maximum absolute atomic E-state index is 12.3. The third kappa shape index (κ3) is 5.30. The van der Waals surface area contributed by atoms with E-state index in [1.807, 2.05) is 66.1 Å². The number of thioether (sulfide) groups is 1. The minimum absolute atomic E-state index is 0.223. The quantitative estimate of drug-likeness (QED) is 0.376. The molecule has 2 aromatic carbocycles. The standard InChI is InChI=1S/C21H19ClN6OS2/c1-2-28-18(15-8-10-16(22)11-9-15)25-27-21(28)30-13-17-24-26-20(31-17)19(29)23-12-14-6-4-3-5-7-14/h3-11H,2,12-13H2,1H3,(H,23,29). The molecule has 10 heteroatoms. The zero-order chi connectivity index (χ0) is 21.6. The molecule has 0 bridgehead atoms. The van der Waals surface area contributed by atoms with Crippen LogP contribution in [0.15, 0.2) is 59.8 Å². The molecule has 0 saturated heterocycles. The van der Waals surface area contributed by atoms with E-state index in [-0.39, 0.29) is 5.91 Å². The van der Waals surface area contributed by atoms with Gasteiger partial charge in [0.25, 0.3) is 5.91 Å². The summed E-state index contributed by atoms with van der Waals surface area (Å²) >= 11 is 8.79. The Balaban J connectivity index is 1.38. The Morgan fingerprint density at radius 1 is 1.06 bits per heavy atom. The molecule has 0 aliphatic carbocycles. The molecule has 0 unspecified atom stereocenters. The lowest BCUT2D eigenvalue weighted by atomic mass is 10.2. The van der Waals surface area contributed by atoms with Gasteiger partial charge in [0.2, 0.25) is 5.01 Å². The van der Waals surface area contributed by atoms with Crippen LogP contribution in [0.2, 0.25) is 5.02 Å². The molecular weight excluding hydrogens is 452 g/mol. The van der Waals surface area contributed by atoms with Crippen LogP contribution in [0.3, 0.4) is 0 Å². The Morgan fingerprint density at radius 2 is 1.84 bits per heavy atom. The first-order valence-electron chi connectivity index (χ1n) is 9.60. The van der Waals surface area contributed by atoms with Crippen LogP contribution in [0.1, 0.15) is 27.3 Å². The molecular formula is C21H19ClN6OS2. The zero-order valence-electron chi connectivity index (χ0n) is 16.7. The van der Waals surface area contributed by atoms with Gasteiger partial charge in [-0.1, -0.05) is 65.0 Å². The van der Waals surface area contributed by atoms with E-state index in [4.69, 9.17) is 11.6 Å². The second-order valence-corrected chi connectivity index (χ2v) is 8.96. The second kappa shape index (κ2) is 10.0. The van der Waals surface area contributed by atoms with Gasteiger partial charge >= 0.3 is 0 Å². The molecule has 31 heavy (non-hydrogen) atoms. The number of nitrogens with zero attached hydrogens (tertiary/aromatic N) is 5. The fraction of sp³-hybridized carbons (Fsp3) is 0.190. The highest BCUT2D eigenvalue weighted by atomic mass is 35.5. The highest BCUT2D eigenvalue weighted by Gasteiger charge is 2.16. The number of amides is 1. The topological polar surface area (TPSA) is 85.6 Å². The Kier molecular flexibility index (Phi) is 6.96. The Morgan fingerprint density at radius 3 is 2.58 bits per heavy atom. The van der Waals surface area contributed by atoms with E-state index in [1.165, 1.54) is 23.1 Å². The molecule has 1 amide bonds. The first-order chi connectivity index (χ1) is 15.1. The summed E-state index contributed by atoms with van der Waals surface area (Å²) < 4.78 is 2.04. The van der Waals surface area contributed by atoms with Gasteiger partial charge in [0, 0.05) is 23.7 Å². The summed E-state index contributed by atoms with van der Waals surface area (Å²) in [7, 11) is 0. The fourth-order valence-electron chi connectivity index (χ4n) is 2.88. The molecule has 0 saturated carbocycles. The van der Waals surface area contributed by atoms with Crippen molar-refractivity contribution >= 4 is 40.6 Å². The van der Waals surface area contributed by atoms with Crippen LogP contribution >= 0.6 is 34.7 Å². The Labute approximate surface area is 192 Å². The van der Waals surface area contributed by atoms with E-state index in [0.717, 1.165) is 33.7 Å². The monoisotopic (exact) mass is 470 g/mol. The van der Waals surface area contributed by atoms with Gasteiger partial charge in [-0.05, 0) is 36.8 Å². The molecule has 4 aromatic rings. The molecule has 1 N–H and O–H groups in total. The van der Waals surface area contributed by atoms with Crippen molar-refractivity contribution in [1.29, 1.82) is 0 Å². The summed E-state index contributed by atoms with van der Waals surface area (Å²) in [5.41, 5.74) is 1.99. The molecule has 2 aromatic heterocycles. The number of hydrogen-bond donors (Lipinski definition) is 1. The minimum atomic E-state index is -0.223. The van der Waals surface area contributed by atoms with Gasteiger partial charge in [-0.15, -0.1) is 20.4 Å². The summed E-state index contributed by atoms with van der Waals surface area (Å²) in [6, 6.07) is 17.3. The number of nitrogens with one attached hydrogen (secondary N) is 1. The third-order valence-corrected chi connectivity index (χ3v) is 6.75. The van der Waals surface area contributed by atoms with Crippen LogP contribution < -0.4 is 5.32 Å². The highest BCUT2D eigenvalue weighted by Crippen LogP contribution is 2.28. The van der Waals surface area contributed by atoms with Crippen molar-refractivity contribution in [2.45, 2.75) is 30.9 Å².